The largest absolute Gasteiger partial charge is 0.396 e. The second kappa shape index (κ2) is 9.33. The van der Waals surface area contributed by atoms with Crippen molar-refractivity contribution in [3.63, 3.8) is 0 Å². The number of aliphatic hydroxyl groups excluding tert-OH is 3. The summed E-state index contributed by atoms with van der Waals surface area (Å²) >= 11 is 0. The predicted octanol–water partition coefficient (Wildman–Crippen LogP) is 4.36. The zero-order chi connectivity index (χ0) is 20.1. The molecule has 1 aliphatic carbocycles. The highest BCUT2D eigenvalue weighted by atomic mass is 16.3. The Balaban J connectivity index is 2.15. The van der Waals surface area contributed by atoms with E-state index in [2.05, 4.69) is 18.2 Å². The second-order valence-corrected chi connectivity index (χ2v) is 7.77. The highest BCUT2D eigenvalue weighted by Crippen LogP contribution is 2.41. The quantitative estimate of drug-likeness (QED) is 0.671. The van der Waals surface area contributed by atoms with Crippen LogP contribution in [-0.2, 0) is 13.0 Å². The van der Waals surface area contributed by atoms with Crippen LogP contribution in [0.2, 0.25) is 0 Å². The van der Waals surface area contributed by atoms with Gasteiger partial charge >= 0.3 is 0 Å². The fraction of sp³-hybridized carbons (Fsp3) is 0.360. The van der Waals surface area contributed by atoms with Crippen LogP contribution in [0, 0.1) is 5.92 Å². The molecule has 0 heterocycles. The van der Waals surface area contributed by atoms with E-state index in [-0.39, 0.29) is 19.1 Å². The van der Waals surface area contributed by atoms with Crippen molar-refractivity contribution in [2.75, 3.05) is 6.61 Å². The number of aliphatic hydroxyl groups is 3. The first-order valence-corrected chi connectivity index (χ1v) is 10.1. The van der Waals surface area contributed by atoms with Gasteiger partial charge in [-0.25, -0.2) is 0 Å². The van der Waals surface area contributed by atoms with E-state index in [9.17, 15) is 15.3 Å². The van der Waals surface area contributed by atoms with Gasteiger partial charge < -0.3 is 15.3 Å². The monoisotopic (exact) mass is 378 g/mol. The zero-order valence-corrected chi connectivity index (χ0v) is 16.7. The molecular weight excluding hydrogens is 348 g/mol. The first-order valence-electron chi connectivity index (χ1n) is 10.1. The summed E-state index contributed by atoms with van der Waals surface area (Å²) in [4.78, 5) is 0. The van der Waals surface area contributed by atoms with Crippen LogP contribution in [0.4, 0.5) is 0 Å². The first kappa shape index (κ1) is 20.5. The van der Waals surface area contributed by atoms with Crippen molar-refractivity contribution in [2.24, 2.45) is 5.92 Å². The van der Waals surface area contributed by atoms with Crippen LogP contribution in [0.3, 0.4) is 0 Å². The Bertz CT molecular complexity index is 877. The molecule has 0 radical (unpaired) electrons. The molecule has 0 saturated carbocycles. The molecule has 1 aliphatic rings. The van der Waals surface area contributed by atoms with Crippen molar-refractivity contribution in [3.05, 3.63) is 82.4 Å². The topological polar surface area (TPSA) is 60.7 Å². The highest BCUT2D eigenvalue weighted by molar-refractivity contribution is 5.92. The van der Waals surface area contributed by atoms with Gasteiger partial charge in [-0.2, -0.15) is 0 Å². The molecule has 1 unspecified atom stereocenters. The third kappa shape index (κ3) is 4.44. The Kier molecular flexibility index (Phi) is 6.84. The normalized spacial score (nSPS) is 15.7. The minimum Gasteiger partial charge on any atom is -0.396 e. The van der Waals surface area contributed by atoms with Crippen LogP contribution in [0.25, 0.3) is 11.1 Å². The van der Waals surface area contributed by atoms with Crippen LogP contribution in [0.15, 0.2) is 60.2 Å². The molecular formula is C25H30O3. The number of benzene rings is 2. The lowest BCUT2D eigenvalue weighted by molar-refractivity contribution is 0.165. The average Bonchev–Trinajstić information content (AvgIpc) is 2.73. The number of rotatable bonds is 7. The Labute approximate surface area is 167 Å². The van der Waals surface area contributed by atoms with Gasteiger partial charge in [0.15, 0.2) is 0 Å². The van der Waals surface area contributed by atoms with E-state index >= 15 is 0 Å². The summed E-state index contributed by atoms with van der Waals surface area (Å²) in [6.45, 7) is 4.20. The molecule has 3 heteroatoms. The van der Waals surface area contributed by atoms with Gasteiger partial charge in [-0.3, -0.25) is 0 Å². The minimum absolute atomic E-state index is 0.00294. The van der Waals surface area contributed by atoms with Crippen LogP contribution in [-0.4, -0.2) is 28.0 Å². The zero-order valence-electron chi connectivity index (χ0n) is 16.7. The summed E-state index contributed by atoms with van der Waals surface area (Å²) in [5.41, 5.74) is 7.34. The van der Waals surface area contributed by atoms with Crippen LogP contribution in [0.5, 0.6) is 0 Å². The SMILES string of the molecule is CC(C)C(O)C1=C(c2cccc(CCO)c2)CCC=C1c1cccc(CO)c1. The van der Waals surface area contributed by atoms with E-state index in [4.69, 9.17) is 0 Å². The van der Waals surface area contributed by atoms with Gasteiger partial charge in [0.2, 0.25) is 0 Å². The van der Waals surface area contributed by atoms with Crippen molar-refractivity contribution < 1.29 is 15.3 Å². The summed E-state index contributed by atoms with van der Waals surface area (Å²) in [5, 5.41) is 30.0. The van der Waals surface area contributed by atoms with E-state index in [1.807, 2.05) is 50.2 Å². The summed E-state index contributed by atoms with van der Waals surface area (Å²) in [5.74, 6) is 0.0909. The fourth-order valence-electron chi connectivity index (χ4n) is 3.89. The molecule has 0 aromatic heterocycles. The molecule has 148 valence electrons. The molecule has 28 heavy (non-hydrogen) atoms. The lowest BCUT2D eigenvalue weighted by atomic mass is 9.78. The Morgan fingerprint density at radius 2 is 1.61 bits per heavy atom. The van der Waals surface area contributed by atoms with E-state index in [1.54, 1.807) is 0 Å². The van der Waals surface area contributed by atoms with E-state index in [0.717, 1.165) is 46.2 Å². The van der Waals surface area contributed by atoms with Gasteiger partial charge in [-0.05, 0) is 70.2 Å². The van der Waals surface area contributed by atoms with E-state index in [1.165, 1.54) is 5.57 Å². The van der Waals surface area contributed by atoms with Crippen molar-refractivity contribution in [1.29, 1.82) is 0 Å². The molecule has 0 amide bonds. The average molecular weight is 379 g/mol. The van der Waals surface area contributed by atoms with Crippen LogP contribution < -0.4 is 0 Å². The molecule has 3 nitrogen and oxygen atoms in total. The van der Waals surface area contributed by atoms with Gasteiger partial charge in [-0.15, -0.1) is 0 Å². The number of allylic oxidation sites excluding steroid dienone is 2. The maximum atomic E-state index is 11.1. The summed E-state index contributed by atoms with van der Waals surface area (Å²) < 4.78 is 0. The maximum absolute atomic E-state index is 11.1. The van der Waals surface area contributed by atoms with Crippen LogP contribution in [0.1, 0.15) is 48.9 Å². The summed E-state index contributed by atoms with van der Waals surface area (Å²) in [6.07, 6.45) is 4.06. The van der Waals surface area contributed by atoms with Crippen molar-refractivity contribution in [2.45, 2.75) is 45.8 Å². The Morgan fingerprint density at radius 3 is 2.29 bits per heavy atom. The van der Waals surface area contributed by atoms with E-state index < -0.39 is 6.10 Å². The Morgan fingerprint density at radius 1 is 0.929 bits per heavy atom. The molecule has 3 rings (SSSR count). The van der Waals surface area contributed by atoms with Crippen molar-refractivity contribution in [1.82, 2.24) is 0 Å². The third-order valence-electron chi connectivity index (χ3n) is 5.38. The molecule has 1 atom stereocenters. The van der Waals surface area contributed by atoms with Gasteiger partial charge in [0.05, 0.1) is 12.7 Å². The number of hydrogen-bond acceptors (Lipinski definition) is 3. The summed E-state index contributed by atoms with van der Waals surface area (Å²) in [7, 11) is 0. The maximum Gasteiger partial charge on any atom is 0.0821 e. The molecule has 0 bridgehead atoms. The van der Waals surface area contributed by atoms with Crippen LogP contribution >= 0.6 is 0 Å². The lowest BCUT2D eigenvalue weighted by Crippen LogP contribution is -2.21. The smallest absolute Gasteiger partial charge is 0.0821 e. The van der Waals surface area contributed by atoms with Gasteiger partial charge in [0.1, 0.15) is 0 Å². The van der Waals surface area contributed by atoms with Crippen molar-refractivity contribution in [3.8, 4) is 0 Å². The van der Waals surface area contributed by atoms with Crippen molar-refractivity contribution >= 4 is 11.1 Å². The molecule has 2 aromatic carbocycles. The van der Waals surface area contributed by atoms with E-state index in [0.29, 0.717) is 6.42 Å². The molecule has 0 saturated heterocycles. The lowest BCUT2D eigenvalue weighted by Gasteiger charge is -2.29. The highest BCUT2D eigenvalue weighted by Gasteiger charge is 2.26. The molecule has 0 aliphatic heterocycles. The molecule has 2 aromatic rings. The third-order valence-corrected chi connectivity index (χ3v) is 5.38. The van der Waals surface area contributed by atoms with Gasteiger partial charge in [0, 0.05) is 6.61 Å². The number of hydrogen-bond donors (Lipinski definition) is 3. The molecule has 0 spiro atoms. The minimum atomic E-state index is -0.569. The van der Waals surface area contributed by atoms with Gasteiger partial charge in [0.25, 0.3) is 0 Å². The first-order chi connectivity index (χ1) is 13.5. The molecule has 3 N–H and O–H groups in total. The predicted molar refractivity (Wildman–Crippen MR) is 115 cm³/mol. The molecule has 0 fully saturated rings. The Hall–Kier alpha value is -2.20. The summed E-state index contributed by atoms with van der Waals surface area (Å²) in [6, 6.07) is 16.2. The van der Waals surface area contributed by atoms with Gasteiger partial charge in [-0.1, -0.05) is 62.4 Å². The fourth-order valence-corrected chi connectivity index (χ4v) is 3.89. The second-order valence-electron chi connectivity index (χ2n) is 7.77. The standard InChI is InChI=1S/C25H30O3/c1-17(2)25(28)24-22(20-8-3-6-18(14-20)12-13-26)10-5-11-23(24)21-9-4-7-19(15-21)16-27/h3-4,6-9,11,14-15,17,25-28H,5,10,12-13,16H2,1-2H3.